The minimum Gasteiger partial charge on any atom is -0.495 e. The maximum absolute atomic E-state index is 13.0. The van der Waals surface area contributed by atoms with Crippen molar-refractivity contribution < 1.29 is 13.2 Å². The molecule has 1 aliphatic heterocycles. The molecule has 6 heteroatoms. The van der Waals surface area contributed by atoms with E-state index in [-0.39, 0.29) is 0 Å². The molecule has 0 spiro atoms. The lowest BCUT2D eigenvalue weighted by Crippen LogP contribution is -2.48. The van der Waals surface area contributed by atoms with Gasteiger partial charge in [-0.3, -0.25) is 0 Å². The van der Waals surface area contributed by atoms with E-state index in [4.69, 9.17) is 4.74 Å². The van der Waals surface area contributed by atoms with Crippen molar-refractivity contribution in [2.75, 3.05) is 38.2 Å². The van der Waals surface area contributed by atoms with E-state index in [1.54, 1.807) is 17.5 Å². The number of nitrogens with zero attached hydrogens (tertiary/aromatic N) is 2. The number of sulfonamides is 1. The molecule has 1 fully saturated rings. The molecule has 0 amide bonds. The topological polar surface area (TPSA) is 49.9 Å². The molecule has 0 unspecified atom stereocenters. The third-order valence-corrected chi connectivity index (χ3v) is 6.67. The molecule has 0 aliphatic carbocycles. The van der Waals surface area contributed by atoms with Gasteiger partial charge in [0.2, 0.25) is 10.0 Å². The number of ether oxygens (including phenoxy) is 1. The summed E-state index contributed by atoms with van der Waals surface area (Å²) < 4.78 is 33.0. The van der Waals surface area contributed by atoms with Crippen molar-refractivity contribution in [2.24, 2.45) is 0 Å². The molecule has 2 aromatic carbocycles. The SMILES string of the molecule is COc1ccccc1N1CCN(S(=O)(=O)c2cc(C)ccc2C)CC1. The van der Waals surface area contributed by atoms with Gasteiger partial charge < -0.3 is 9.64 Å². The van der Waals surface area contributed by atoms with Crippen molar-refractivity contribution >= 4 is 15.7 Å². The normalized spacial score (nSPS) is 16.0. The Bertz CT molecular complexity index is 857. The Morgan fingerprint density at radius 3 is 2.32 bits per heavy atom. The molecule has 2 aromatic rings. The number of aryl methyl sites for hydroxylation is 2. The average Bonchev–Trinajstić information content (AvgIpc) is 2.63. The van der Waals surface area contributed by atoms with Gasteiger partial charge in [0.25, 0.3) is 0 Å². The molecule has 0 N–H and O–H groups in total. The zero-order valence-corrected chi connectivity index (χ0v) is 15.7. The Hall–Kier alpha value is -2.05. The van der Waals surface area contributed by atoms with Crippen molar-refractivity contribution in [3.63, 3.8) is 0 Å². The van der Waals surface area contributed by atoms with E-state index < -0.39 is 10.0 Å². The van der Waals surface area contributed by atoms with Gasteiger partial charge in [-0.2, -0.15) is 4.31 Å². The molecule has 25 heavy (non-hydrogen) atoms. The third-order valence-electron chi connectivity index (χ3n) is 4.63. The Balaban J connectivity index is 1.79. The van der Waals surface area contributed by atoms with Crippen LogP contribution in [-0.2, 0) is 10.0 Å². The van der Waals surface area contributed by atoms with E-state index in [1.165, 1.54) is 0 Å². The minimum atomic E-state index is -3.46. The monoisotopic (exact) mass is 360 g/mol. The maximum Gasteiger partial charge on any atom is 0.243 e. The van der Waals surface area contributed by atoms with E-state index in [0.29, 0.717) is 31.1 Å². The Labute approximate surface area is 149 Å². The standard InChI is InChI=1S/C19H24N2O3S/c1-15-8-9-16(2)19(14-15)25(22,23)21-12-10-20(11-13-21)17-6-4-5-7-18(17)24-3/h4-9,14H,10-13H2,1-3H3. The Morgan fingerprint density at radius 2 is 1.64 bits per heavy atom. The van der Waals surface area contributed by atoms with Crippen LogP contribution in [0.15, 0.2) is 47.4 Å². The van der Waals surface area contributed by atoms with E-state index in [9.17, 15) is 8.42 Å². The first-order valence-corrected chi connectivity index (χ1v) is 9.83. The van der Waals surface area contributed by atoms with Gasteiger partial charge in [0.1, 0.15) is 5.75 Å². The van der Waals surface area contributed by atoms with Crippen LogP contribution in [-0.4, -0.2) is 46.0 Å². The van der Waals surface area contributed by atoms with Crippen molar-refractivity contribution in [3.05, 3.63) is 53.6 Å². The fourth-order valence-electron chi connectivity index (χ4n) is 3.18. The van der Waals surface area contributed by atoms with E-state index >= 15 is 0 Å². The minimum absolute atomic E-state index is 0.415. The molecule has 3 rings (SSSR count). The first-order valence-electron chi connectivity index (χ1n) is 8.39. The first kappa shape index (κ1) is 17.8. The summed E-state index contributed by atoms with van der Waals surface area (Å²) in [4.78, 5) is 2.59. The molecular formula is C19H24N2O3S. The zero-order valence-electron chi connectivity index (χ0n) is 14.9. The average molecular weight is 360 g/mol. The quantitative estimate of drug-likeness (QED) is 0.841. The lowest BCUT2D eigenvalue weighted by molar-refractivity contribution is 0.378. The predicted octanol–water partition coefficient (Wildman–Crippen LogP) is 2.82. The number of methoxy groups -OCH3 is 1. The molecule has 1 saturated heterocycles. The van der Waals surface area contributed by atoms with Gasteiger partial charge in [-0.25, -0.2) is 8.42 Å². The summed E-state index contributed by atoms with van der Waals surface area (Å²) in [5, 5.41) is 0. The fourth-order valence-corrected chi connectivity index (χ4v) is 4.92. The van der Waals surface area contributed by atoms with Crippen molar-refractivity contribution in [1.29, 1.82) is 0 Å². The van der Waals surface area contributed by atoms with Crippen LogP contribution >= 0.6 is 0 Å². The summed E-state index contributed by atoms with van der Waals surface area (Å²) in [7, 11) is -1.81. The lowest BCUT2D eigenvalue weighted by atomic mass is 10.2. The second-order valence-electron chi connectivity index (χ2n) is 6.33. The van der Waals surface area contributed by atoms with Crippen LogP contribution in [0.25, 0.3) is 0 Å². The third kappa shape index (κ3) is 3.50. The van der Waals surface area contributed by atoms with Crippen LogP contribution in [0, 0.1) is 13.8 Å². The summed E-state index contributed by atoms with van der Waals surface area (Å²) in [6, 6.07) is 13.4. The second-order valence-corrected chi connectivity index (χ2v) is 8.24. The van der Waals surface area contributed by atoms with Gasteiger partial charge in [0.05, 0.1) is 17.7 Å². The molecule has 5 nitrogen and oxygen atoms in total. The van der Waals surface area contributed by atoms with Crippen molar-refractivity contribution in [1.82, 2.24) is 4.31 Å². The van der Waals surface area contributed by atoms with Crippen molar-refractivity contribution in [2.45, 2.75) is 18.7 Å². The molecule has 0 atom stereocenters. The zero-order chi connectivity index (χ0) is 18.0. The molecule has 1 aliphatic rings. The largest absolute Gasteiger partial charge is 0.495 e. The second kappa shape index (κ2) is 7.06. The van der Waals surface area contributed by atoms with Crippen molar-refractivity contribution in [3.8, 4) is 5.75 Å². The van der Waals surface area contributed by atoms with Crippen LogP contribution in [0.1, 0.15) is 11.1 Å². The predicted molar refractivity (Wildman–Crippen MR) is 99.9 cm³/mol. The molecule has 0 saturated carbocycles. The Kier molecular flexibility index (Phi) is 5.01. The molecule has 0 bridgehead atoms. The number of benzene rings is 2. The van der Waals surface area contributed by atoms with Gasteiger partial charge in [-0.15, -0.1) is 0 Å². The van der Waals surface area contributed by atoms with Crippen LogP contribution in [0.2, 0.25) is 0 Å². The summed E-state index contributed by atoms with van der Waals surface area (Å²) in [5.74, 6) is 0.813. The highest BCUT2D eigenvalue weighted by molar-refractivity contribution is 7.89. The van der Waals surface area contributed by atoms with E-state index in [2.05, 4.69) is 4.90 Å². The van der Waals surface area contributed by atoms with Gasteiger partial charge in [-0.1, -0.05) is 24.3 Å². The number of hydrogen-bond donors (Lipinski definition) is 0. The van der Waals surface area contributed by atoms with Crippen LogP contribution in [0.4, 0.5) is 5.69 Å². The summed E-state index contributed by atoms with van der Waals surface area (Å²) >= 11 is 0. The van der Waals surface area contributed by atoms with E-state index in [1.807, 2.05) is 50.2 Å². The van der Waals surface area contributed by atoms with Gasteiger partial charge in [0, 0.05) is 26.2 Å². The molecule has 1 heterocycles. The molecule has 134 valence electrons. The molecule has 0 aromatic heterocycles. The number of piperazine rings is 1. The highest BCUT2D eigenvalue weighted by atomic mass is 32.2. The summed E-state index contributed by atoms with van der Waals surface area (Å²) in [6.45, 7) is 5.98. The van der Waals surface area contributed by atoms with Crippen LogP contribution in [0.3, 0.4) is 0 Å². The molecular weight excluding hydrogens is 336 g/mol. The summed E-state index contributed by atoms with van der Waals surface area (Å²) in [6.07, 6.45) is 0. The summed E-state index contributed by atoms with van der Waals surface area (Å²) in [5.41, 5.74) is 2.75. The fraction of sp³-hybridized carbons (Fsp3) is 0.368. The van der Waals surface area contributed by atoms with Gasteiger partial charge >= 0.3 is 0 Å². The number of para-hydroxylation sites is 2. The van der Waals surface area contributed by atoms with E-state index in [0.717, 1.165) is 22.6 Å². The first-order chi connectivity index (χ1) is 11.9. The lowest BCUT2D eigenvalue weighted by Gasteiger charge is -2.36. The highest BCUT2D eigenvalue weighted by Gasteiger charge is 2.30. The van der Waals surface area contributed by atoms with Crippen LogP contribution in [0.5, 0.6) is 5.75 Å². The van der Waals surface area contributed by atoms with Gasteiger partial charge in [0.15, 0.2) is 0 Å². The highest BCUT2D eigenvalue weighted by Crippen LogP contribution is 2.29. The number of hydrogen-bond acceptors (Lipinski definition) is 4. The van der Waals surface area contributed by atoms with Gasteiger partial charge in [-0.05, 0) is 43.2 Å². The Morgan fingerprint density at radius 1 is 0.960 bits per heavy atom. The number of anilines is 1. The maximum atomic E-state index is 13.0. The number of rotatable bonds is 4. The molecule has 0 radical (unpaired) electrons. The van der Waals surface area contributed by atoms with Crippen LogP contribution < -0.4 is 9.64 Å². The smallest absolute Gasteiger partial charge is 0.243 e.